The molecule has 15 heavy (non-hydrogen) atoms. The highest BCUT2D eigenvalue weighted by molar-refractivity contribution is 14.1. The molecular formula is C11H16IN3. The van der Waals surface area contributed by atoms with E-state index < -0.39 is 0 Å². The second kappa shape index (κ2) is 3.45. The third kappa shape index (κ3) is 1.53. The largest absolute Gasteiger partial charge is 0.303 e. The van der Waals surface area contributed by atoms with Crippen molar-refractivity contribution in [1.82, 2.24) is 14.7 Å². The number of halogens is 1. The Hall–Kier alpha value is -0.100. The highest BCUT2D eigenvalue weighted by atomic mass is 127. The van der Waals surface area contributed by atoms with E-state index in [1.54, 1.807) is 0 Å². The van der Waals surface area contributed by atoms with Gasteiger partial charge in [0.1, 0.15) is 0 Å². The van der Waals surface area contributed by atoms with E-state index in [0.29, 0.717) is 0 Å². The molecule has 4 heteroatoms. The van der Waals surface area contributed by atoms with Crippen LogP contribution in [0.5, 0.6) is 0 Å². The van der Waals surface area contributed by atoms with Crippen molar-refractivity contribution in [3.05, 3.63) is 15.5 Å². The smallest absolute Gasteiger partial charge is 0.0989 e. The van der Waals surface area contributed by atoms with Gasteiger partial charge in [0.15, 0.2) is 0 Å². The Bertz CT molecular complexity index is 356. The predicted molar refractivity (Wildman–Crippen MR) is 67.8 cm³/mol. The van der Waals surface area contributed by atoms with Crippen molar-refractivity contribution in [3.63, 3.8) is 0 Å². The highest BCUT2D eigenvalue weighted by Gasteiger charge is 2.56. The molecule has 0 N–H and O–H groups in total. The summed E-state index contributed by atoms with van der Waals surface area (Å²) in [6, 6.07) is 2.25. The van der Waals surface area contributed by atoms with Gasteiger partial charge in [-0.3, -0.25) is 4.68 Å². The Kier molecular flexibility index (Phi) is 2.32. The summed E-state index contributed by atoms with van der Waals surface area (Å²) in [6.07, 6.45) is 0. The van der Waals surface area contributed by atoms with Crippen LogP contribution in [-0.2, 0) is 7.05 Å². The fraction of sp³-hybridized carbons (Fsp3) is 0.727. The lowest BCUT2D eigenvalue weighted by atomic mass is 10.2. The molecular weight excluding hydrogens is 301 g/mol. The second-order valence-corrected chi connectivity index (χ2v) is 5.83. The molecule has 1 aliphatic carbocycles. The van der Waals surface area contributed by atoms with E-state index in [-0.39, 0.29) is 0 Å². The van der Waals surface area contributed by atoms with E-state index in [9.17, 15) is 0 Å². The van der Waals surface area contributed by atoms with Crippen LogP contribution >= 0.6 is 22.6 Å². The molecule has 2 aliphatic rings. The maximum absolute atomic E-state index is 4.60. The number of aromatic nitrogens is 2. The number of piperidine rings is 1. The highest BCUT2D eigenvalue weighted by Crippen LogP contribution is 2.57. The van der Waals surface area contributed by atoms with Crippen molar-refractivity contribution in [2.75, 3.05) is 19.6 Å². The number of hydrogen-bond acceptors (Lipinski definition) is 2. The topological polar surface area (TPSA) is 21.1 Å². The fourth-order valence-corrected chi connectivity index (χ4v) is 3.37. The van der Waals surface area contributed by atoms with E-state index >= 15 is 0 Å². The summed E-state index contributed by atoms with van der Waals surface area (Å²) in [4.78, 5) is 2.56. The average Bonchev–Trinajstić information content (AvgIpc) is 2.58. The molecule has 1 aliphatic heterocycles. The molecule has 0 bridgehead atoms. The van der Waals surface area contributed by atoms with Crippen LogP contribution in [0.15, 0.2) is 6.07 Å². The van der Waals surface area contributed by atoms with E-state index in [2.05, 4.69) is 45.6 Å². The molecule has 2 fully saturated rings. The number of aryl methyl sites for hydroxylation is 1. The van der Waals surface area contributed by atoms with E-state index in [1.165, 1.54) is 29.0 Å². The molecule has 0 radical (unpaired) electrons. The Labute approximate surface area is 104 Å². The van der Waals surface area contributed by atoms with Gasteiger partial charge < -0.3 is 4.90 Å². The summed E-state index contributed by atoms with van der Waals surface area (Å²) < 4.78 is 3.24. The quantitative estimate of drug-likeness (QED) is 0.774. The van der Waals surface area contributed by atoms with Gasteiger partial charge in [0.05, 0.1) is 9.39 Å². The first kappa shape index (κ1) is 10.1. The molecule has 1 aromatic heterocycles. The predicted octanol–water partition coefficient (Wildman–Crippen LogP) is 1.69. The molecule has 3 rings (SSSR count). The molecule has 2 unspecified atom stereocenters. The minimum Gasteiger partial charge on any atom is -0.303 e. The normalized spacial score (nSPS) is 34.5. The van der Waals surface area contributed by atoms with Gasteiger partial charge in [0.25, 0.3) is 0 Å². The molecule has 0 amide bonds. The molecule has 0 aromatic carbocycles. The van der Waals surface area contributed by atoms with Crippen LogP contribution in [-0.4, -0.2) is 34.3 Å². The van der Waals surface area contributed by atoms with Crippen LogP contribution in [0.4, 0.5) is 0 Å². The summed E-state index contributed by atoms with van der Waals surface area (Å²) in [5, 5.41) is 4.60. The van der Waals surface area contributed by atoms with Gasteiger partial charge in [0.2, 0.25) is 0 Å². The zero-order valence-corrected chi connectivity index (χ0v) is 11.3. The first-order valence-electron chi connectivity index (χ1n) is 5.62. The van der Waals surface area contributed by atoms with Crippen LogP contribution in [0.3, 0.4) is 0 Å². The Balaban J connectivity index is 1.73. The number of fused-ring (bicyclic) bond motifs is 1. The number of hydrogen-bond donors (Lipinski definition) is 0. The standard InChI is InChI=1S/C11H16IN3/c1-3-15-5-7-8(6-15)11(7)9-4-10(12)14(2)13-9/h4,7-8,11H,3,5-6H2,1-2H3. The molecule has 2 heterocycles. The lowest BCUT2D eigenvalue weighted by molar-refractivity contribution is 0.313. The maximum Gasteiger partial charge on any atom is 0.0989 e. The van der Waals surface area contributed by atoms with Crippen molar-refractivity contribution < 1.29 is 0 Å². The third-order valence-corrected chi connectivity index (χ3v) is 4.91. The Morgan fingerprint density at radius 1 is 1.47 bits per heavy atom. The van der Waals surface area contributed by atoms with Crippen LogP contribution in [0.1, 0.15) is 18.5 Å². The molecule has 82 valence electrons. The zero-order chi connectivity index (χ0) is 10.6. The van der Waals surface area contributed by atoms with Crippen molar-refractivity contribution in [3.8, 4) is 0 Å². The third-order valence-electron chi connectivity index (χ3n) is 3.90. The summed E-state index contributed by atoms with van der Waals surface area (Å²) in [7, 11) is 2.03. The molecule has 3 nitrogen and oxygen atoms in total. The average molecular weight is 317 g/mol. The summed E-state index contributed by atoms with van der Waals surface area (Å²) >= 11 is 2.35. The lowest BCUT2D eigenvalue weighted by Gasteiger charge is -2.15. The number of likely N-dealkylation sites (tertiary alicyclic amines) is 1. The monoisotopic (exact) mass is 317 g/mol. The van der Waals surface area contributed by atoms with Gasteiger partial charge in [-0.1, -0.05) is 6.92 Å². The zero-order valence-electron chi connectivity index (χ0n) is 9.15. The summed E-state index contributed by atoms with van der Waals surface area (Å²) in [5.41, 5.74) is 1.33. The van der Waals surface area contributed by atoms with Crippen LogP contribution in [0, 0.1) is 15.5 Å². The summed E-state index contributed by atoms with van der Waals surface area (Å²) in [6.45, 7) is 6.04. The fourth-order valence-electron chi connectivity index (χ4n) is 2.94. The van der Waals surface area contributed by atoms with Gasteiger partial charge in [-0.2, -0.15) is 5.10 Å². The molecule has 2 atom stereocenters. The molecule has 1 saturated carbocycles. The minimum absolute atomic E-state index is 0.766. The van der Waals surface area contributed by atoms with Gasteiger partial charge >= 0.3 is 0 Å². The number of nitrogens with zero attached hydrogens (tertiary/aromatic N) is 3. The van der Waals surface area contributed by atoms with Crippen molar-refractivity contribution in [2.24, 2.45) is 18.9 Å². The first-order valence-corrected chi connectivity index (χ1v) is 6.70. The Morgan fingerprint density at radius 2 is 2.13 bits per heavy atom. The van der Waals surface area contributed by atoms with Gasteiger partial charge in [-0.25, -0.2) is 0 Å². The molecule has 0 spiro atoms. The SMILES string of the molecule is CCN1CC2C(C1)C2c1cc(I)n(C)n1. The van der Waals surface area contributed by atoms with Gasteiger partial charge in [-0.05, 0) is 47.0 Å². The van der Waals surface area contributed by atoms with Crippen LogP contribution in [0.2, 0.25) is 0 Å². The van der Waals surface area contributed by atoms with Crippen molar-refractivity contribution in [1.29, 1.82) is 0 Å². The number of rotatable bonds is 2. The van der Waals surface area contributed by atoms with E-state index in [0.717, 1.165) is 17.8 Å². The second-order valence-electron chi connectivity index (χ2n) is 4.72. The lowest BCUT2D eigenvalue weighted by Crippen LogP contribution is -2.23. The minimum atomic E-state index is 0.766. The van der Waals surface area contributed by atoms with Crippen molar-refractivity contribution >= 4 is 22.6 Å². The van der Waals surface area contributed by atoms with Crippen LogP contribution in [0.25, 0.3) is 0 Å². The Morgan fingerprint density at radius 3 is 2.60 bits per heavy atom. The first-order chi connectivity index (χ1) is 7.20. The van der Waals surface area contributed by atoms with Crippen molar-refractivity contribution in [2.45, 2.75) is 12.8 Å². The van der Waals surface area contributed by atoms with E-state index in [4.69, 9.17) is 0 Å². The van der Waals surface area contributed by atoms with E-state index in [1.807, 2.05) is 11.7 Å². The van der Waals surface area contributed by atoms with Crippen LogP contribution < -0.4 is 0 Å². The summed E-state index contributed by atoms with van der Waals surface area (Å²) in [5.74, 6) is 2.56. The molecule has 1 aromatic rings. The molecule has 1 saturated heterocycles. The maximum atomic E-state index is 4.60. The van der Waals surface area contributed by atoms with Gasteiger partial charge in [0, 0.05) is 26.1 Å². The van der Waals surface area contributed by atoms with Gasteiger partial charge in [-0.15, -0.1) is 0 Å².